The molecule has 1 amide bonds. The number of aromatic nitrogens is 1. The number of ketones is 1. The molecule has 0 aliphatic carbocycles. The van der Waals surface area contributed by atoms with Crippen molar-refractivity contribution in [2.45, 2.75) is 44.8 Å². The molecule has 8 nitrogen and oxygen atoms in total. The molecule has 3 heterocycles. The number of aromatic hydroxyl groups is 1. The molecule has 1 fully saturated rings. The Labute approximate surface area is 188 Å². The number of ether oxygens (including phenoxy) is 1. The summed E-state index contributed by atoms with van der Waals surface area (Å²) in [5, 5.41) is 12.5. The second-order valence-corrected chi connectivity index (χ2v) is 8.21. The molecule has 4 rings (SSSR count). The zero-order chi connectivity index (χ0) is 23.9. The van der Waals surface area contributed by atoms with E-state index in [0.717, 1.165) is 18.6 Å². The first-order valence-corrected chi connectivity index (χ1v) is 10.8. The highest BCUT2D eigenvalue weighted by Crippen LogP contribution is 2.33. The third-order valence-electron chi connectivity index (χ3n) is 6.31. The molecular formula is C23H25F2N3O5. The fourth-order valence-electron chi connectivity index (χ4n) is 4.72. The van der Waals surface area contributed by atoms with Crippen LogP contribution in [-0.2, 0) is 11.2 Å². The Hall–Kier alpha value is -3.27. The second kappa shape index (κ2) is 8.93. The predicted molar refractivity (Wildman–Crippen MR) is 115 cm³/mol. The Morgan fingerprint density at radius 2 is 2.00 bits per heavy atom. The minimum Gasteiger partial charge on any atom is -0.502 e. The Morgan fingerprint density at radius 3 is 2.67 bits per heavy atom. The van der Waals surface area contributed by atoms with Crippen LogP contribution in [0.2, 0.25) is 0 Å². The number of fused-ring (bicyclic) bond motifs is 3. The van der Waals surface area contributed by atoms with Gasteiger partial charge in [-0.3, -0.25) is 24.1 Å². The summed E-state index contributed by atoms with van der Waals surface area (Å²) in [6, 6.07) is 2.95. The summed E-state index contributed by atoms with van der Waals surface area (Å²) in [6.07, 6.45) is 2.11. The van der Waals surface area contributed by atoms with Gasteiger partial charge in [0.2, 0.25) is 5.43 Å². The molecule has 2 aliphatic rings. The van der Waals surface area contributed by atoms with E-state index in [4.69, 9.17) is 4.74 Å². The summed E-state index contributed by atoms with van der Waals surface area (Å²) in [6.45, 7) is 2.57. The highest BCUT2D eigenvalue weighted by atomic mass is 19.1. The van der Waals surface area contributed by atoms with E-state index >= 15 is 0 Å². The van der Waals surface area contributed by atoms with Crippen molar-refractivity contribution in [3.63, 3.8) is 0 Å². The molecule has 2 aliphatic heterocycles. The van der Waals surface area contributed by atoms with E-state index in [1.165, 1.54) is 16.9 Å². The number of aryl methyl sites for hydroxylation is 1. The van der Waals surface area contributed by atoms with Crippen molar-refractivity contribution in [1.29, 1.82) is 0 Å². The first kappa shape index (κ1) is 22.9. The van der Waals surface area contributed by atoms with Crippen LogP contribution in [0, 0.1) is 11.6 Å². The Morgan fingerprint density at radius 1 is 1.24 bits per heavy atom. The smallest absolute Gasteiger partial charge is 0.278 e. The van der Waals surface area contributed by atoms with Crippen molar-refractivity contribution < 1.29 is 28.2 Å². The Bertz CT molecular complexity index is 1170. The fourth-order valence-corrected chi connectivity index (χ4v) is 4.72. The van der Waals surface area contributed by atoms with E-state index in [9.17, 15) is 28.3 Å². The summed E-state index contributed by atoms with van der Waals surface area (Å²) < 4.78 is 33.8. The van der Waals surface area contributed by atoms with E-state index in [1.54, 1.807) is 12.0 Å². The maximum Gasteiger partial charge on any atom is 0.278 e. The number of hydrogen-bond acceptors (Lipinski definition) is 6. The van der Waals surface area contributed by atoms with E-state index in [0.29, 0.717) is 19.6 Å². The number of pyridine rings is 1. The number of nitrogens with zero attached hydrogens (tertiary/aromatic N) is 3. The lowest BCUT2D eigenvalue weighted by Crippen LogP contribution is -2.61. The van der Waals surface area contributed by atoms with Gasteiger partial charge in [-0.25, -0.2) is 8.78 Å². The van der Waals surface area contributed by atoms with Gasteiger partial charge in [0.15, 0.2) is 17.2 Å². The number of carbonyl (C=O) groups excluding carboxylic acids is 2. The summed E-state index contributed by atoms with van der Waals surface area (Å²) in [4.78, 5) is 40.4. The second-order valence-electron chi connectivity index (χ2n) is 8.21. The van der Waals surface area contributed by atoms with Crippen molar-refractivity contribution >= 4 is 11.7 Å². The van der Waals surface area contributed by atoms with E-state index in [1.807, 2.05) is 11.9 Å². The summed E-state index contributed by atoms with van der Waals surface area (Å²) in [5.41, 5.74) is -1.29. The predicted octanol–water partition coefficient (Wildman–Crippen LogP) is 2.20. The third-order valence-corrected chi connectivity index (χ3v) is 6.31. The van der Waals surface area contributed by atoms with Gasteiger partial charge in [0.1, 0.15) is 17.8 Å². The molecule has 0 radical (unpaired) electrons. The molecule has 0 saturated carbocycles. The van der Waals surface area contributed by atoms with Crippen molar-refractivity contribution in [3.8, 4) is 5.75 Å². The van der Waals surface area contributed by atoms with Gasteiger partial charge < -0.3 is 14.7 Å². The maximum atomic E-state index is 13.9. The zero-order valence-electron chi connectivity index (χ0n) is 18.4. The molecule has 0 unspecified atom stereocenters. The number of Topliss-reactive ketones (excluding diaryl/α,β-unsaturated/α-hetero) is 1. The van der Waals surface area contributed by atoms with Crippen molar-refractivity contribution in [2.75, 3.05) is 25.3 Å². The van der Waals surface area contributed by atoms with E-state index in [-0.39, 0.29) is 41.9 Å². The van der Waals surface area contributed by atoms with Crippen molar-refractivity contribution in [2.24, 2.45) is 0 Å². The molecule has 2 atom stereocenters. The Kier molecular flexibility index (Phi) is 6.20. The van der Waals surface area contributed by atoms with Crippen LogP contribution in [0.15, 0.2) is 29.2 Å². The van der Waals surface area contributed by atoms with Gasteiger partial charge in [0.25, 0.3) is 5.91 Å². The average molecular weight is 461 g/mol. The molecule has 2 aromatic rings. The van der Waals surface area contributed by atoms with E-state index < -0.39 is 34.5 Å². The molecule has 1 aromatic heterocycles. The summed E-state index contributed by atoms with van der Waals surface area (Å²) >= 11 is 0. The van der Waals surface area contributed by atoms with Crippen LogP contribution in [0.4, 0.5) is 8.78 Å². The molecule has 176 valence electrons. The largest absolute Gasteiger partial charge is 0.502 e. The lowest BCUT2D eigenvalue weighted by molar-refractivity contribution is 0.0585. The van der Waals surface area contributed by atoms with Gasteiger partial charge in [-0.2, -0.15) is 0 Å². The number of rotatable bonds is 7. The maximum absolute atomic E-state index is 13.9. The molecule has 1 N–H and O–H groups in total. The molecule has 0 bridgehead atoms. The van der Waals surface area contributed by atoms with Crippen LogP contribution >= 0.6 is 0 Å². The highest BCUT2D eigenvalue weighted by molar-refractivity contribution is 6.00. The monoisotopic (exact) mass is 461 g/mol. The van der Waals surface area contributed by atoms with Gasteiger partial charge in [-0.1, -0.05) is 6.07 Å². The average Bonchev–Trinajstić information content (AvgIpc) is 3.19. The number of halogens is 2. The van der Waals surface area contributed by atoms with E-state index in [2.05, 4.69) is 0 Å². The Balaban J connectivity index is 1.72. The van der Waals surface area contributed by atoms with Crippen LogP contribution in [-0.4, -0.2) is 58.8 Å². The molecule has 1 saturated heterocycles. The fraction of sp³-hybridized carbons (Fsp3) is 0.435. The molecule has 10 heteroatoms. The normalized spacial score (nSPS) is 19.6. The van der Waals surface area contributed by atoms with Crippen molar-refractivity contribution in [3.05, 3.63) is 63.1 Å². The van der Waals surface area contributed by atoms with Gasteiger partial charge >= 0.3 is 0 Å². The van der Waals surface area contributed by atoms with Gasteiger partial charge in [-0.05, 0) is 37.8 Å². The number of methoxy groups -OCH3 is 1. The van der Waals surface area contributed by atoms with Crippen LogP contribution < -0.4 is 10.4 Å². The minimum absolute atomic E-state index is 0.0475. The van der Waals surface area contributed by atoms with Crippen LogP contribution in [0.3, 0.4) is 0 Å². The number of benzene rings is 1. The van der Waals surface area contributed by atoms with Gasteiger partial charge in [0, 0.05) is 32.3 Å². The first-order chi connectivity index (χ1) is 15.8. The molecule has 33 heavy (non-hydrogen) atoms. The van der Waals surface area contributed by atoms with Crippen LogP contribution in [0.5, 0.6) is 5.75 Å². The number of amides is 1. The zero-order valence-corrected chi connectivity index (χ0v) is 18.4. The minimum atomic E-state index is -0.948. The molecule has 1 aromatic carbocycles. The lowest BCUT2D eigenvalue weighted by Gasteiger charge is -2.45. The topological polar surface area (TPSA) is 92.1 Å². The van der Waals surface area contributed by atoms with Gasteiger partial charge in [-0.15, -0.1) is 0 Å². The summed E-state index contributed by atoms with van der Waals surface area (Å²) in [5.74, 6) is -3.39. The summed E-state index contributed by atoms with van der Waals surface area (Å²) in [7, 11) is 1.56. The molecule has 0 spiro atoms. The van der Waals surface area contributed by atoms with Crippen LogP contribution in [0.1, 0.15) is 52.6 Å². The van der Waals surface area contributed by atoms with Crippen LogP contribution in [0.25, 0.3) is 0 Å². The first-order valence-electron chi connectivity index (χ1n) is 10.8. The third kappa shape index (κ3) is 3.88. The van der Waals surface area contributed by atoms with Crippen molar-refractivity contribution in [1.82, 2.24) is 9.58 Å². The highest BCUT2D eigenvalue weighted by Gasteiger charge is 2.46. The molecular weight excluding hydrogens is 436 g/mol. The lowest BCUT2D eigenvalue weighted by atomic mass is 10.0. The standard InChI is InChI=1S/C23H25F2N3O5/c1-3-26-19-9-7-15(12-33-2)28(19)27-11-16(21(30)22(31)20(27)23(26)32)18(29)8-5-13-4-6-14(24)10-17(13)25/h4,6,10-11,15,19,31H,3,5,7-9,12H2,1-2H3/t15-,19-/m0/s1. The SMILES string of the molecule is CCN1C(=O)c2c(O)c(=O)c(C(=O)CCc3ccc(F)cc3F)cn2N2[C@H](COC)CC[C@@H]12. The van der Waals surface area contributed by atoms with Gasteiger partial charge in [0.05, 0.1) is 18.2 Å². The number of carbonyl (C=O) groups is 2. The quantitative estimate of drug-likeness (QED) is 0.636. The number of hydrogen-bond donors (Lipinski definition) is 1.